The second kappa shape index (κ2) is 5.49. The molecule has 0 atom stereocenters. The third-order valence-corrected chi connectivity index (χ3v) is 4.47. The van der Waals surface area contributed by atoms with Crippen LogP contribution in [0.15, 0.2) is 47.3 Å². The molecule has 2 aromatic carbocycles. The molecule has 0 fully saturated rings. The maximum absolute atomic E-state index is 12.7. The molecule has 0 unspecified atom stereocenters. The van der Waals surface area contributed by atoms with E-state index in [1.807, 2.05) is 12.1 Å². The molecule has 0 saturated carbocycles. The van der Waals surface area contributed by atoms with E-state index in [-0.39, 0.29) is 16.9 Å². The van der Waals surface area contributed by atoms with Gasteiger partial charge in [-0.15, -0.1) is 0 Å². The second-order valence-electron chi connectivity index (χ2n) is 5.86. The highest BCUT2D eigenvalue weighted by atomic mass is 16.3. The number of aromatic nitrogens is 1. The third-order valence-electron chi connectivity index (χ3n) is 4.47. The number of pyridine rings is 1. The Bertz CT molecular complexity index is 1140. The Kier molecular flexibility index (Phi) is 3.29. The highest BCUT2D eigenvalue weighted by Crippen LogP contribution is 2.32. The van der Waals surface area contributed by atoms with Gasteiger partial charge in [0.05, 0.1) is 16.8 Å². The summed E-state index contributed by atoms with van der Waals surface area (Å²) in [6.07, 6.45) is 0.689. The molecule has 6 heteroatoms. The number of anilines is 1. The number of nitrogens with zero attached hydrogens (tertiary/aromatic N) is 2. The number of carbonyl (C=O) groups is 1. The zero-order valence-corrected chi connectivity index (χ0v) is 13.1. The molecular weight excluding hydrogens is 318 g/mol. The van der Waals surface area contributed by atoms with Gasteiger partial charge in [-0.3, -0.25) is 9.59 Å². The Morgan fingerprint density at radius 3 is 2.80 bits per heavy atom. The lowest BCUT2D eigenvalue weighted by atomic mass is 10.1. The number of carbonyl (C=O) groups excluding carboxylic acids is 1. The molecular formula is C19H13N3O3. The SMILES string of the molecule is N#Cc1ccccc1NC(=O)c1c(O)c2cccc3c2n(c1=O)CC3. The smallest absolute Gasteiger partial charge is 0.267 e. The van der Waals surface area contributed by atoms with Crippen molar-refractivity contribution >= 4 is 22.5 Å². The van der Waals surface area contributed by atoms with Crippen LogP contribution in [0.1, 0.15) is 21.5 Å². The fourth-order valence-electron chi connectivity index (χ4n) is 3.30. The Labute approximate surface area is 142 Å². The molecule has 0 bridgehead atoms. The van der Waals surface area contributed by atoms with Crippen LogP contribution in [0.2, 0.25) is 0 Å². The summed E-state index contributed by atoms with van der Waals surface area (Å²) >= 11 is 0. The van der Waals surface area contributed by atoms with Crippen molar-refractivity contribution in [2.75, 3.05) is 5.32 Å². The molecule has 0 spiro atoms. The van der Waals surface area contributed by atoms with E-state index >= 15 is 0 Å². The minimum Gasteiger partial charge on any atom is -0.506 e. The summed E-state index contributed by atoms with van der Waals surface area (Å²) in [6, 6.07) is 13.9. The van der Waals surface area contributed by atoms with Crippen molar-refractivity contribution in [1.82, 2.24) is 4.57 Å². The van der Waals surface area contributed by atoms with Crippen LogP contribution in [-0.2, 0) is 13.0 Å². The van der Waals surface area contributed by atoms with Crippen molar-refractivity contribution in [2.24, 2.45) is 0 Å². The van der Waals surface area contributed by atoms with Gasteiger partial charge in [-0.1, -0.05) is 24.3 Å². The fraction of sp³-hybridized carbons (Fsp3) is 0.105. The zero-order chi connectivity index (χ0) is 17.6. The number of nitriles is 1. The first-order valence-corrected chi connectivity index (χ1v) is 7.79. The van der Waals surface area contributed by atoms with Crippen LogP contribution in [0, 0.1) is 11.3 Å². The summed E-state index contributed by atoms with van der Waals surface area (Å²) in [5.74, 6) is -1.06. The van der Waals surface area contributed by atoms with Gasteiger partial charge >= 0.3 is 0 Å². The summed E-state index contributed by atoms with van der Waals surface area (Å²) in [4.78, 5) is 25.4. The number of aryl methyl sites for hydroxylation is 2. The summed E-state index contributed by atoms with van der Waals surface area (Å²) in [7, 11) is 0. The molecule has 1 aliphatic rings. The van der Waals surface area contributed by atoms with Gasteiger partial charge in [-0.25, -0.2) is 0 Å². The van der Waals surface area contributed by atoms with Crippen molar-refractivity contribution in [2.45, 2.75) is 13.0 Å². The molecule has 25 heavy (non-hydrogen) atoms. The van der Waals surface area contributed by atoms with Crippen molar-refractivity contribution in [1.29, 1.82) is 5.26 Å². The predicted octanol–water partition coefficient (Wildman–Crippen LogP) is 2.39. The number of aromatic hydroxyl groups is 1. The molecule has 1 aliphatic heterocycles. The van der Waals surface area contributed by atoms with Crippen molar-refractivity contribution in [3.63, 3.8) is 0 Å². The van der Waals surface area contributed by atoms with Gasteiger partial charge in [0.2, 0.25) is 0 Å². The van der Waals surface area contributed by atoms with Crippen LogP contribution in [0.3, 0.4) is 0 Å². The predicted molar refractivity (Wildman–Crippen MR) is 92.7 cm³/mol. The Balaban J connectivity index is 1.87. The maximum Gasteiger partial charge on any atom is 0.267 e. The average molecular weight is 331 g/mol. The number of amides is 1. The van der Waals surface area contributed by atoms with Crippen LogP contribution in [0.4, 0.5) is 5.69 Å². The standard InChI is InChI=1S/C19H13N3O3/c20-10-12-4-1-2-7-14(12)21-18(24)15-17(23)13-6-3-5-11-8-9-22(16(11)13)19(15)25/h1-7,23H,8-9H2,(H,21,24). The van der Waals surface area contributed by atoms with Crippen molar-refractivity contribution in [3.8, 4) is 11.8 Å². The van der Waals surface area contributed by atoms with E-state index in [1.165, 1.54) is 4.57 Å². The quantitative estimate of drug-likeness (QED) is 0.754. The van der Waals surface area contributed by atoms with Crippen molar-refractivity contribution < 1.29 is 9.90 Å². The van der Waals surface area contributed by atoms with Crippen molar-refractivity contribution in [3.05, 3.63) is 69.5 Å². The molecule has 0 saturated heterocycles. The molecule has 0 radical (unpaired) electrons. The van der Waals surface area contributed by atoms with Gasteiger partial charge in [0, 0.05) is 11.9 Å². The molecule has 0 aliphatic carbocycles. The van der Waals surface area contributed by atoms with Crippen LogP contribution in [-0.4, -0.2) is 15.6 Å². The number of rotatable bonds is 2. The number of hydrogen-bond acceptors (Lipinski definition) is 4. The monoisotopic (exact) mass is 331 g/mol. The van der Waals surface area contributed by atoms with Gasteiger partial charge in [-0.05, 0) is 30.2 Å². The van der Waals surface area contributed by atoms with E-state index in [0.717, 1.165) is 5.56 Å². The number of nitrogens with one attached hydrogen (secondary N) is 1. The first-order valence-electron chi connectivity index (χ1n) is 7.79. The lowest BCUT2D eigenvalue weighted by molar-refractivity contribution is 0.102. The van der Waals surface area contributed by atoms with E-state index in [9.17, 15) is 14.7 Å². The number of para-hydroxylation sites is 2. The van der Waals surface area contributed by atoms with Crippen LogP contribution in [0.25, 0.3) is 10.9 Å². The minimum atomic E-state index is -0.729. The molecule has 1 amide bonds. The van der Waals surface area contributed by atoms with Gasteiger partial charge in [0.1, 0.15) is 17.4 Å². The topological polar surface area (TPSA) is 95.1 Å². The Hall–Kier alpha value is -3.59. The Morgan fingerprint density at radius 2 is 2.00 bits per heavy atom. The maximum atomic E-state index is 12.7. The second-order valence-corrected chi connectivity index (χ2v) is 5.86. The summed E-state index contributed by atoms with van der Waals surface area (Å²) in [5.41, 5.74) is 1.40. The highest BCUT2D eigenvalue weighted by molar-refractivity contribution is 6.09. The summed E-state index contributed by atoms with van der Waals surface area (Å²) < 4.78 is 1.52. The van der Waals surface area contributed by atoms with E-state index in [1.54, 1.807) is 36.4 Å². The fourth-order valence-corrected chi connectivity index (χ4v) is 3.30. The number of hydrogen-bond donors (Lipinski definition) is 2. The molecule has 4 rings (SSSR count). The summed E-state index contributed by atoms with van der Waals surface area (Å²) in [6.45, 7) is 0.476. The van der Waals surface area contributed by atoms with Gasteiger partial charge in [-0.2, -0.15) is 5.26 Å². The highest BCUT2D eigenvalue weighted by Gasteiger charge is 2.26. The number of benzene rings is 2. The van der Waals surface area contributed by atoms with E-state index in [0.29, 0.717) is 29.6 Å². The van der Waals surface area contributed by atoms with E-state index in [4.69, 9.17) is 5.26 Å². The van der Waals surface area contributed by atoms with E-state index < -0.39 is 11.5 Å². The van der Waals surface area contributed by atoms with Crippen LogP contribution < -0.4 is 10.9 Å². The molecule has 3 aromatic rings. The average Bonchev–Trinajstić information content (AvgIpc) is 3.05. The van der Waals surface area contributed by atoms with Gasteiger partial charge in [0.25, 0.3) is 11.5 Å². The van der Waals surface area contributed by atoms with Gasteiger partial charge < -0.3 is 15.0 Å². The lowest BCUT2D eigenvalue weighted by Gasteiger charge is -2.12. The van der Waals surface area contributed by atoms with Gasteiger partial charge in [0.15, 0.2) is 0 Å². The lowest BCUT2D eigenvalue weighted by Crippen LogP contribution is -2.28. The van der Waals surface area contributed by atoms with E-state index in [2.05, 4.69) is 5.32 Å². The largest absolute Gasteiger partial charge is 0.506 e. The van der Waals surface area contributed by atoms with Crippen LogP contribution in [0.5, 0.6) is 5.75 Å². The zero-order valence-electron chi connectivity index (χ0n) is 13.1. The molecule has 6 nitrogen and oxygen atoms in total. The minimum absolute atomic E-state index is 0.281. The molecule has 2 heterocycles. The summed E-state index contributed by atoms with van der Waals surface area (Å²) in [5, 5.41) is 22.7. The molecule has 2 N–H and O–H groups in total. The normalized spacial score (nSPS) is 12.1. The first-order chi connectivity index (χ1) is 12.1. The molecule has 122 valence electrons. The van der Waals surface area contributed by atoms with Crippen LogP contribution >= 0.6 is 0 Å². The Morgan fingerprint density at radius 1 is 1.20 bits per heavy atom. The first kappa shape index (κ1) is 15.0. The third kappa shape index (κ3) is 2.17. The molecule has 1 aromatic heterocycles.